The second-order valence-corrected chi connectivity index (χ2v) is 9.79. The van der Waals surface area contributed by atoms with Crippen molar-refractivity contribution in [2.75, 3.05) is 26.2 Å². The van der Waals surface area contributed by atoms with Crippen LogP contribution in [0.5, 0.6) is 0 Å². The number of hydrogen-bond acceptors (Lipinski definition) is 2. The summed E-state index contributed by atoms with van der Waals surface area (Å²) in [5.74, 6) is 0.511. The molecule has 4 rings (SSSR count). The summed E-state index contributed by atoms with van der Waals surface area (Å²) in [6, 6.07) is 9.87. The van der Waals surface area contributed by atoms with Crippen LogP contribution in [0, 0.1) is 11.3 Å². The van der Waals surface area contributed by atoms with Gasteiger partial charge in [-0.2, -0.15) is 0 Å². The highest BCUT2D eigenvalue weighted by Crippen LogP contribution is 2.46. The smallest absolute Gasteiger partial charge is 0.317 e. The minimum atomic E-state index is 0.143. The maximum atomic E-state index is 12.3. The van der Waals surface area contributed by atoms with E-state index in [0.717, 1.165) is 32.2 Å². The molecule has 1 aliphatic carbocycles. The molecule has 1 aromatic rings. The number of urea groups is 1. The molecule has 1 aromatic carbocycles. The molecule has 0 aromatic heterocycles. The number of nitrogens with zero attached hydrogens (tertiary/aromatic N) is 2. The van der Waals surface area contributed by atoms with Crippen molar-refractivity contribution in [2.24, 2.45) is 11.3 Å². The average molecular weight is 384 g/mol. The number of rotatable bonds is 3. The summed E-state index contributed by atoms with van der Waals surface area (Å²) in [5, 5.41) is 3.08. The van der Waals surface area contributed by atoms with E-state index in [2.05, 4.69) is 48.3 Å². The predicted molar refractivity (Wildman–Crippen MR) is 114 cm³/mol. The molecule has 3 aliphatic rings. The fraction of sp³-hybridized carbons (Fsp3) is 0.708. The van der Waals surface area contributed by atoms with E-state index in [1.165, 1.54) is 57.1 Å². The van der Waals surface area contributed by atoms with E-state index in [1.807, 2.05) is 4.90 Å². The molecule has 0 bridgehead atoms. The molecule has 0 atom stereocenters. The zero-order valence-electron chi connectivity index (χ0n) is 17.8. The first-order chi connectivity index (χ1) is 13.5. The van der Waals surface area contributed by atoms with Crippen molar-refractivity contribution < 1.29 is 4.79 Å². The summed E-state index contributed by atoms with van der Waals surface area (Å²) >= 11 is 0. The molecule has 2 heterocycles. The highest BCUT2D eigenvalue weighted by molar-refractivity contribution is 5.74. The Morgan fingerprint density at radius 2 is 1.75 bits per heavy atom. The van der Waals surface area contributed by atoms with Gasteiger partial charge in [0.2, 0.25) is 0 Å². The van der Waals surface area contributed by atoms with Crippen LogP contribution >= 0.6 is 0 Å². The number of nitrogens with one attached hydrogen (secondary N) is 1. The molecule has 1 N–H and O–H groups in total. The first-order valence-electron chi connectivity index (χ1n) is 11.4. The number of carbonyl (C=O) groups is 1. The second-order valence-electron chi connectivity index (χ2n) is 9.79. The summed E-state index contributed by atoms with van der Waals surface area (Å²) in [6.07, 6.45) is 8.95. The quantitative estimate of drug-likeness (QED) is 0.838. The summed E-state index contributed by atoms with van der Waals surface area (Å²) in [5.41, 5.74) is 3.59. The van der Waals surface area contributed by atoms with Gasteiger partial charge in [-0.1, -0.05) is 38.1 Å². The van der Waals surface area contributed by atoms with Crippen LogP contribution in [0.2, 0.25) is 0 Å². The van der Waals surface area contributed by atoms with Gasteiger partial charge in [0, 0.05) is 38.8 Å². The number of carbonyl (C=O) groups excluding carboxylic acids is 1. The van der Waals surface area contributed by atoms with Crippen molar-refractivity contribution >= 4 is 6.03 Å². The molecule has 1 saturated carbocycles. The molecule has 0 radical (unpaired) electrons. The van der Waals surface area contributed by atoms with E-state index in [0.29, 0.717) is 11.3 Å². The molecular weight excluding hydrogens is 346 g/mol. The van der Waals surface area contributed by atoms with Crippen molar-refractivity contribution in [1.82, 2.24) is 15.1 Å². The van der Waals surface area contributed by atoms with Crippen molar-refractivity contribution in [2.45, 2.75) is 71.4 Å². The maximum absolute atomic E-state index is 12.3. The molecule has 4 heteroatoms. The van der Waals surface area contributed by atoms with Crippen LogP contribution in [0.1, 0.15) is 63.5 Å². The van der Waals surface area contributed by atoms with Crippen molar-refractivity contribution in [1.29, 1.82) is 0 Å². The zero-order chi connectivity index (χ0) is 19.6. The first-order valence-corrected chi connectivity index (χ1v) is 11.4. The van der Waals surface area contributed by atoms with Crippen LogP contribution in [-0.2, 0) is 13.0 Å². The van der Waals surface area contributed by atoms with Gasteiger partial charge in [0.05, 0.1) is 0 Å². The van der Waals surface area contributed by atoms with Gasteiger partial charge < -0.3 is 10.2 Å². The Hall–Kier alpha value is -1.55. The minimum absolute atomic E-state index is 0.143. The Bertz CT molecular complexity index is 668. The fourth-order valence-corrected chi connectivity index (χ4v) is 5.50. The van der Waals surface area contributed by atoms with Crippen LogP contribution in [0.25, 0.3) is 0 Å². The predicted octanol–water partition coefficient (Wildman–Crippen LogP) is 4.44. The molecule has 2 amide bonds. The monoisotopic (exact) mass is 383 g/mol. The topological polar surface area (TPSA) is 35.6 Å². The normalized spacial score (nSPS) is 23.0. The highest BCUT2D eigenvalue weighted by Gasteiger charge is 2.40. The van der Waals surface area contributed by atoms with Gasteiger partial charge in [-0.05, 0) is 67.4 Å². The van der Waals surface area contributed by atoms with Crippen molar-refractivity contribution in [3.05, 3.63) is 35.4 Å². The molecule has 4 nitrogen and oxygen atoms in total. The third kappa shape index (κ3) is 4.37. The van der Waals surface area contributed by atoms with Gasteiger partial charge >= 0.3 is 6.03 Å². The maximum Gasteiger partial charge on any atom is 0.317 e. The SMILES string of the molecule is CC(C)CNC(=O)N1CCC2(CCC(N3CCc4ccccc4C3)CC2)CC1. The van der Waals surface area contributed by atoms with Gasteiger partial charge in [-0.15, -0.1) is 0 Å². The van der Waals surface area contributed by atoms with Gasteiger partial charge in [-0.3, -0.25) is 4.90 Å². The van der Waals surface area contributed by atoms with Gasteiger partial charge in [-0.25, -0.2) is 4.79 Å². The summed E-state index contributed by atoms with van der Waals surface area (Å²) in [4.78, 5) is 17.1. The van der Waals surface area contributed by atoms with Crippen LogP contribution in [0.4, 0.5) is 4.79 Å². The molecular formula is C24H37N3O. The van der Waals surface area contributed by atoms with E-state index in [-0.39, 0.29) is 6.03 Å². The average Bonchev–Trinajstić information content (AvgIpc) is 2.73. The summed E-state index contributed by atoms with van der Waals surface area (Å²) in [7, 11) is 0. The van der Waals surface area contributed by atoms with E-state index < -0.39 is 0 Å². The number of amides is 2. The largest absolute Gasteiger partial charge is 0.338 e. The second kappa shape index (κ2) is 8.44. The van der Waals surface area contributed by atoms with Crippen molar-refractivity contribution in [3.63, 3.8) is 0 Å². The summed E-state index contributed by atoms with van der Waals surface area (Å²) < 4.78 is 0. The first kappa shape index (κ1) is 19.8. The van der Waals surface area contributed by atoms with Crippen LogP contribution in [0.3, 0.4) is 0 Å². The number of likely N-dealkylation sites (tertiary alicyclic amines) is 1. The Kier molecular flexibility index (Phi) is 5.96. The zero-order valence-corrected chi connectivity index (χ0v) is 17.8. The Balaban J connectivity index is 1.25. The number of fused-ring (bicyclic) bond motifs is 1. The third-order valence-electron chi connectivity index (χ3n) is 7.47. The molecule has 1 spiro atoms. The lowest BCUT2D eigenvalue weighted by atomic mass is 9.66. The molecule has 2 fully saturated rings. The number of benzene rings is 1. The lowest BCUT2D eigenvalue weighted by Crippen LogP contribution is -2.50. The van der Waals surface area contributed by atoms with E-state index in [4.69, 9.17) is 0 Å². The van der Waals surface area contributed by atoms with Crippen LogP contribution in [0.15, 0.2) is 24.3 Å². The number of piperidine rings is 1. The molecule has 1 saturated heterocycles. The van der Waals surface area contributed by atoms with E-state index >= 15 is 0 Å². The highest BCUT2D eigenvalue weighted by atomic mass is 16.2. The van der Waals surface area contributed by atoms with Crippen molar-refractivity contribution in [3.8, 4) is 0 Å². The molecule has 0 unspecified atom stereocenters. The number of hydrogen-bond donors (Lipinski definition) is 1. The van der Waals surface area contributed by atoms with Gasteiger partial charge in [0.15, 0.2) is 0 Å². The van der Waals surface area contributed by atoms with Crippen LogP contribution < -0.4 is 5.32 Å². The van der Waals surface area contributed by atoms with Gasteiger partial charge in [0.1, 0.15) is 0 Å². The lowest BCUT2D eigenvalue weighted by molar-refractivity contribution is 0.0374. The van der Waals surface area contributed by atoms with E-state index in [1.54, 1.807) is 5.56 Å². The van der Waals surface area contributed by atoms with Gasteiger partial charge in [0.25, 0.3) is 0 Å². The molecule has 2 aliphatic heterocycles. The molecule has 28 heavy (non-hydrogen) atoms. The third-order valence-corrected chi connectivity index (χ3v) is 7.47. The van der Waals surface area contributed by atoms with E-state index in [9.17, 15) is 4.79 Å². The van der Waals surface area contributed by atoms with Crippen LogP contribution in [-0.4, -0.2) is 48.1 Å². The lowest BCUT2D eigenvalue weighted by Gasteiger charge is -2.48. The summed E-state index contributed by atoms with van der Waals surface area (Å²) in [6.45, 7) is 9.30. The fourth-order valence-electron chi connectivity index (χ4n) is 5.50. The molecule has 154 valence electrons. The Morgan fingerprint density at radius 1 is 1.07 bits per heavy atom. The Labute approximate surface area is 170 Å². The standard InChI is InChI=1S/C24H37N3O/c1-19(2)17-25-23(28)26-15-12-24(13-16-26)10-7-22(8-11-24)27-14-9-20-5-3-4-6-21(20)18-27/h3-6,19,22H,7-18H2,1-2H3,(H,25,28). The Morgan fingerprint density at radius 3 is 2.43 bits per heavy atom. The minimum Gasteiger partial charge on any atom is -0.338 e.